The first kappa shape index (κ1) is 18.5. The van der Waals surface area contributed by atoms with Gasteiger partial charge in [-0.2, -0.15) is 5.10 Å². The van der Waals surface area contributed by atoms with Crippen molar-refractivity contribution in [2.75, 3.05) is 20.8 Å². The number of carbonyl (C=O) groups is 2. The average molecular weight is 347 g/mol. The van der Waals surface area contributed by atoms with E-state index in [1.165, 1.54) is 7.11 Å². The maximum atomic E-state index is 12.4. The molecule has 1 aromatic carbocycles. The molecule has 2 N–H and O–H groups in total. The molecule has 1 aromatic heterocycles. The number of ether oxygens (including phenoxy) is 2. The summed E-state index contributed by atoms with van der Waals surface area (Å²) in [4.78, 5) is 23.4. The van der Waals surface area contributed by atoms with E-state index in [1.807, 2.05) is 12.1 Å². The van der Waals surface area contributed by atoms with Crippen molar-refractivity contribution in [2.24, 2.45) is 0 Å². The first-order valence-corrected chi connectivity index (χ1v) is 7.60. The standard InChI is InChI=1S/C17H21N3O5/c1-17(11-24-2,10-15(21)22)18-16(23)14-8-9-20(19-14)12-4-6-13(25-3)7-5-12/h4-9H,10-11H2,1-3H3,(H,18,23)(H,21,22). The smallest absolute Gasteiger partial charge is 0.305 e. The first-order valence-electron chi connectivity index (χ1n) is 7.60. The Morgan fingerprint density at radius 3 is 2.48 bits per heavy atom. The highest BCUT2D eigenvalue weighted by molar-refractivity contribution is 5.93. The van der Waals surface area contributed by atoms with E-state index in [9.17, 15) is 9.59 Å². The fraction of sp³-hybridized carbons (Fsp3) is 0.353. The lowest BCUT2D eigenvalue weighted by atomic mass is 9.99. The summed E-state index contributed by atoms with van der Waals surface area (Å²) in [6, 6.07) is 8.77. The van der Waals surface area contributed by atoms with Crippen LogP contribution in [0.3, 0.4) is 0 Å². The summed E-state index contributed by atoms with van der Waals surface area (Å²) in [5, 5.41) is 15.9. The minimum absolute atomic E-state index is 0.0736. The van der Waals surface area contributed by atoms with E-state index in [-0.39, 0.29) is 18.7 Å². The van der Waals surface area contributed by atoms with Gasteiger partial charge in [0.2, 0.25) is 0 Å². The van der Waals surface area contributed by atoms with Gasteiger partial charge in [0.25, 0.3) is 5.91 Å². The third-order valence-electron chi connectivity index (χ3n) is 3.58. The van der Waals surface area contributed by atoms with E-state index in [4.69, 9.17) is 14.6 Å². The van der Waals surface area contributed by atoms with Crippen LogP contribution in [0, 0.1) is 0 Å². The average Bonchev–Trinajstić information content (AvgIpc) is 3.04. The van der Waals surface area contributed by atoms with Gasteiger partial charge in [0, 0.05) is 13.3 Å². The summed E-state index contributed by atoms with van der Waals surface area (Å²) in [5.41, 5.74) is -0.0738. The molecule has 134 valence electrons. The number of amides is 1. The van der Waals surface area contributed by atoms with Gasteiger partial charge in [0.15, 0.2) is 5.69 Å². The molecule has 25 heavy (non-hydrogen) atoms. The highest BCUT2D eigenvalue weighted by atomic mass is 16.5. The molecule has 0 saturated carbocycles. The summed E-state index contributed by atoms with van der Waals surface area (Å²) in [6.45, 7) is 1.69. The second-order valence-electron chi connectivity index (χ2n) is 5.86. The van der Waals surface area contributed by atoms with Gasteiger partial charge in [-0.05, 0) is 37.3 Å². The Kier molecular flexibility index (Phi) is 5.76. The van der Waals surface area contributed by atoms with Gasteiger partial charge in [-0.15, -0.1) is 0 Å². The van der Waals surface area contributed by atoms with Crippen LogP contribution in [-0.2, 0) is 9.53 Å². The number of rotatable bonds is 8. The van der Waals surface area contributed by atoms with E-state index in [0.717, 1.165) is 11.4 Å². The predicted molar refractivity (Wildman–Crippen MR) is 90.1 cm³/mol. The number of carbonyl (C=O) groups excluding carboxylic acids is 1. The molecule has 0 aliphatic rings. The SMILES string of the molecule is COCC(C)(CC(=O)O)NC(=O)c1ccn(-c2ccc(OC)cc2)n1. The number of nitrogens with one attached hydrogen (secondary N) is 1. The molecule has 0 saturated heterocycles. The molecule has 0 radical (unpaired) electrons. The molecular formula is C17H21N3O5. The third kappa shape index (κ3) is 4.80. The van der Waals surface area contributed by atoms with Crippen molar-refractivity contribution in [3.8, 4) is 11.4 Å². The number of nitrogens with zero attached hydrogens (tertiary/aromatic N) is 2. The molecular weight excluding hydrogens is 326 g/mol. The zero-order chi connectivity index (χ0) is 18.4. The summed E-state index contributed by atoms with van der Waals surface area (Å²) in [6.07, 6.45) is 1.40. The Morgan fingerprint density at radius 2 is 1.92 bits per heavy atom. The van der Waals surface area contributed by atoms with Crippen LogP contribution in [0.2, 0.25) is 0 Å². The summed E-state index contributed by atoms with van der Waals surface area (Å²) in [7, 11) is 3.03. The van der Waals surface area contributed by atoms with E-state index >= 15 is 0 Å². The second kappa shape index (κ2) is 7.80. The highest BCUT2D eigenvalue weighted by Crippen LogP contribution is 2.15. The fourth-order valence-electron chi connectivity index (χ4n) is 2.45. The lowest BCUT2D eigenvalue weighted by molar-refractivity contribution is -0.139. The lowest BCUT2D eigenvalue weighted by Gasteiger charge is -2.28. The molecule has 0 fully saturated rings. The normalized spacial score (nSPS) is 13.1. The Balaban J connectivity index is 2.14. The maximum Gasteiger partial charge on any atom is 0.305 e. The monoisotopic (exact) mass is 347 g/mol. The Morgan fingerprint density at radius 1 is 1.24 bits per heavy atom. The summed E-state index contributed by atoms with van der Waals surface area (Å²) >= 11 is 0. The largest absolute Gasteiger partial charge is 0.497 e. The van der Waals surface area contributed by atoms with E-state index in [2.05, 4.69) is 10.4 Å². The first-order chi connectivity index (χ1) is 11.9. The van der Waals surface area contributed by atoms with Crippen molar-refractivity contribution >= 4 is 11.9 Å². The van der Waals surface area contributed by atoms with Gasteiger partial charge in [-0.1, -0.05) is 0 Å². The topological polar surface area (TPSA) is 103 Å². The van der Waals surface area contributed by atoms with Crippen LogP contribution < -0.4 is 10.1 Å². The molecule has 1 atom stereocenters. The molecule has 1 amide bonds. The minimum Gasteiger partial charge on any atom is -0.497 e. The maximum absolute atomic E-state index is 12.4. The number of aromatic nitrogens is 2. The van der Waals surface area contributed by atoms with E-state index in [1.54, 1.807) is 43.1 Å². The number of hydrogen-bond acceptors (Lipinski definition) is 5. The molecule has 0 bridgehead atoms. The molecule has 1 heterocycles. The van der Waals surface area contributed by atoms with E-state index < -0.39 is 17.4 Å². The number of hydrogen-bond donors (Lipinski definition) is 2. The predicted octanol–water partition coefficient (Wildman–Crippen LogP) is 1.49. The Bertz CT molecular complexity index is 741. The van der Waals surface area contributed by atoms with Gasteiger partial charge >= 0.3 is 5.97 Å². The van der Waals surface area contributed by atoms with Gasteiger partial charge in [-0.3, -0.25) is 9.59 Å². The zero-order valence-electron chi connectivity index (χ0n) is 14.4. The van der Waals surface area contributed by atoms with Crippen molar-refractivity contribution in [3.05, 3.63) is 42.2 Å². The Labute approximate surface area is 145 Å². The summed E-state index contributed by atoms with van der Waals surface area (Å²) in [5.74, 6) is -0.769. The third-order valence-corrected chi connectivity index (χ3v) is 3.58. The van der Waals surface area contributed by atoms with Crippen LogP contribution in [0.4, 0.5) is 0 Å². The number of aliphatic carboxylic acids is 1. The number of benzene rings is 1. The van der Waals surface area contributed by atoms with Crippen LogP contribution in [-0.4, -0.2) is 53.1 Å². The molecule has 0 spiro atoms. The van der Waals surface area contributed by atoms with Gasteiger partial charge in [0.05, 0.1) is 31.4 Å². The molecule has 0 aliphatic carbocycles. The second-order valence-corrected chi connectivity index (χ2v) is 5.86. The van der Waals surface area contributed by atoms with Crippen molar-refractivity contribution in [1.82, 2.24) is 15.1 Å². The van der Waals surface area contributed by atoms with Crippen molar-refractivity contribution in [1.29, 1.82) is 0 Å². The summed E-state index contributed by atoms with van der Waals surface area (Å²) < 4.78 is 11.7. The Hall–Kier alpha value is -2.87. The zero-order valence-corrected chi connectivity index (χ0v) is 14.4. The highest BCUT2D eigenvalue weighted by Gasteiger charge is 2.30. The minimum atomic E-state index is -1.03. The van der Waals surface area contributed by atoms with Crippen LogP contribution in [0.1, 0.15) is 23.8 Å². The molecule has 8 nitrogen and oxygen atoms in total. The van der Waals surface area contributed by atoms with Crippen molar-refractivity contribution in [2.45, 2.75) is 18.9 Å². The van der Waals surface area contributed by atoms with Crippen LogP contribution in [0.5, 0.6) is 5.75 Å². The fourth-order valence-corrected chi connectivity index (χ4v) is 2.45. The molecule has 1 unspecified atom stereocenters. The molecule has 2 aromatic rings. The molecule has 0 aliphatic heterocycles. The number of carboxylic acids is 1. The van der Waals surface area contributed by atoms with Gasteiger partial charge < -0.3 is 19.9 Å². The van der Waals surface area contributed by atoms with Crippen LogP contribution in [0.25, 0.3) is 5.69 Å². The number of methoxy groups -OCH3 is 2. The van der Waals surface area contributed by atoms with Gasteiger partial charge in [-0.25, -0.2) is 4.68 Å². The quantitative estimate of drug-likeness (QED) is 0.750. The lowest BCUT2D eigenvalue weighted by Crippen LogP contribution is -2.50. The van der Waals surface area contributed by atoms with Crippen LogP contribution >= 0.6 is 0 Å². The molecule has 8 heteroatoms. The molecule has 2 rings (SSSR count). The van der Waals surface area contributed by atoms with Crippen molar-refractivity contribution < 1.29 is 24.2 Å². The van der Waals surface area contributed by atoms with Gasteiger partial charge in [0.1, 0.15) is 5.75 Å². The van der Waals surface area contributed by atoms with E-state index in [0.29, 0.717) is 0 Å². The van der Waals surface area contributed by atoms with Crippen LogP contribution in [0.15, 0.2) is 36.5 Å². The van der Waals surface area contributed by atoms with Crippen molar-refractivity contribution in [3.63, 3.8) is 0 Å². The number of carboxylic acid groups (broad SMARTS) is 1.